The first kappa shape index (κ1) is 13.9. The minimum atomic E-state index is 0.233. The Labute approximate surface area is 114 Å². The summed E-state index contributed by atoms with van der Waals surface area (Å²) in [6.45, 7) is 2.21. The van der Waals surface area contributed by atoms with Gasteiger partial charge in [-0.1, -0.05) is 26.2 Å². The van der Waals surface area contributed by atoms with Gasteiger partial charge in [0.05, 0.1) is 0 Å². The predicted octanol–water partition coefficient (Wildman–Crippen LogP) is 2.12. The minimum Gasteiger partial charge on any atom is -0.368 e. The molecule has 1 unspecified atom stereocenters. The lowest BCUT2D eigenvalue weighted by Crippen LogP contribution is -2.30. The van der Waals surface area contributed by atoms with Crippen molar-refractivity contribution < 1.29 is 0 Å². The Morgan fingerprint density at radius 2 is 1.95 bits per heavy atom. The third-order valence-corrected chi connectivity index (χ3v) is 3.88. The largest absolute Gasteiger partial charge is 0.368 e. The molecule has 2 rings (SSSR count). The fourth-order valence-electron chi connectivity index (χ4n) is 2.89. The van der Waals surface area contributed by atoms with E-state index >= 15 is 0 Å². The molecule has 6 nitrogen and oxygen atoms in total. The summed E-state index contributed by atoms with van der Waals surface area (Å²) in [4.78, 5) is 8.21. The molecule has 0 spiro atoms. The zero-order valence-electron chi connectivity index (χ0n) is 11.5. The quantitative estimate of drug-likeness (QED) is 0.480. The number of hydrazine groups is 1. The van der Waals surface area contributed by atoms with Crippen LogP contribution < -0.4 is 22.3 Å². The van der Waals surface area contributed by atoms with Crippen molar-refractivity contribution in [2.45, 2.75) is 51.5 Å². The molecule has 1 atom stereocenters. The van der Waals surface area contributed by atoms with Crippen molar-refractivity contribution >= 4 is 17.6 Å². The highest BCUT2D eigenvalue weighted by molar-refractivity contribution is 5.50. The molecular weight excluding hydrogens is 240 g/mol. The van der Waals surface area contributed by atoms with Crippen molar-refractivity contribution in [3.05, 3.63) is 6.07 Å². The highest BCUT2D eigenvalue weighted by Gasteiger charge is 2.22. The van der Waals surface area contributed by atoms with E-state index in [9.17, 15) is 0 Å². The molecule has 1 fully saturated rings. The molecule has 6 N–H and O–H groups in total. The van der Waals surface area contributed by atoms with Crippen LogP contribution in [-0.2, 0) is 0 Å². The Bertz CT molecular complexity index is 402. The van der Waals surface area contributed by atoms with Crippen LogP contribution in [0.4, 0.5) is 17.6 Å². The summed E-state index contributed by atoms with van der Waals surface area (Å²) in [6.07, 6.45) is 7.73. The fraction of sp³-hybridized carbons (Fsp3) is 0.692. The molecule has 1 aliphatic carbocycles. The molecule has 0 radical (unpaired) electrons. The monoisotopic (exact) mass is 264 g/mol. The fourth-order valence-corrected chi connectivity index (χ4v) is 2.89. The lowest BCUT2D eigenvalue weighted by Gasteiger charge is -2.30. The molecule has 0 aromatic carbocycles. The van der Waals surface area contributed by atoms with E-state index in [2.05, 4.69) is 27.6 Å². The van der Waals surface area contributed by atoms with Gasteiger partial charge in [0.15, 0.2) is 0 Å². The van der Waals surface area contributed by atoms with Gasteiger partial charge in [0.2, 0.25) is 5.95 Å². The van der Waals surface area contributed by atoms with Crippen molar-refractivity contribution in [2.24, 2.45) is 11.8 Å². The minimum absolute atomic E-state index is 0.233. The van der Waals surface area contributed by atoms with Crippen LogP contribution in [0, 0.1) is 5.92 Å². The molecule has 0 bridgehead atoms. The second kappa shape index (κ2) is 6.56. The molecule has 0 amide bonds. The van der Waals surface area contributed by atoms with Gasteiger partial charge in [-0.05, 0) is 25.2 Å². The van der Waals surface area contributed by atoms with E-state index in [1.807, 2.05) is 0 Å². The Kier molecular flexibility index (Phi) is 4.79. The topological polar surface area (TPSA) is 102 Å². The molecule has 1 saturated carbocycles. The van der Waals surface area contributed by atoms with E-state index in [-0.39, 0.29) is 5.95 Å². The normalized spacial score (nSPS) is 18.0. The molecule has 1 aromatic rings. The van der Waals surface area contributed by atoms with E-state index in [0.717, 1.165) is 18.2 Å². The molecule has 0 aliphatic heterocycles. The van der Waals surface area contributed by atoms with Crippen LogP contribution >= 0.6 is 0 Å². The van der Waals surface area contributed by atoms with Crippen molar-refractivity contribution in [1.29, 1.82) is 0 Å². The van der Waals surface area contributed by atoms with Crippen molar-refractivity contribution in [1.82, 2.24) is 9.97 Å². The standard InChI is InChI=1S/C13H24N6/c1-2-10(9-6-4-3-5-7-9)16-11-8-12(19-15)18-13(14)17-11/h8-10H,2-7,15H2,1H3,(H4,14,16,17,18,19). The molecule has 1 aromatic heterocycles. The number of nitrogens with two attached hydrogens (primary N) is 2. The maximum absolute atomic E-state index is 5.67. The van der Waals surface area contributed by atoms with Gasteiger partial charge in [-0.15, -0.1) is 0 Å². The molecule has 6 heteroatoms. The van der Waals surface area contributed by atoms with Crippen LogP contribution in [0.1, 0.15) is 45.4 Å². The van der Waals surface area contributed by atoms with Gasteiger partial charge in [-0.3, -0.25) is 0 Å². The van der Waals surface area contributed by atoms with Crippen LogP contribution in [0.3, 0.4) is 0 Å². The second-order valence-corrected chi connectivity index (χ2v) is 5.20. The first-order valence-electron chi connectivity index (χ1n) is 7.10. The van der Waals surface area contributed by atoms with E-state index in [4.69, 9.17) is 11.6 Å². The first-order chi connectivity index (χ1) is 9.22. The van der Waals surface area contributed by atoms with Gasteiger partial charge in [0.25, 0.3) is 0 Å². The molecule has 1 heterocycles. The molecular formula is C13H24N6. The molecule has 106 valence electrons. The summed E-state index contributed by atoms with van der Waals surface area (Å²) in [5.41, 5.74) is 8.18. The summed E-state index contributed by atoms with van der Waals surface area (Å²) in [6, 6.07) is 2.24. The zero-order valence-corrected chi connectivity index (χ0v) is 11.5. The van der Waals surface area contributed by atoms with Crippen molar-refractivity contribution in [3.8, 4) is 0 Å². The maximum Gasteiger partial charge on any atom is 0.223 e. The zero-order chi connectivity index (χ0) is 13.7. The van der Waals surface area contributed by atoms with Gasteiger partial charge < -0.3 is 16.5 Å². The number of nitrogen functional groups attached to an aromatic ring is 2. The van der Waals surface area contributed by atoms with Gasteiger partial charge in [-0.25, -0.2) is 5.84 Å². The number of rotatable bonds is 5. The van der Waals surface area contributed by atoms with E-state index in [1.165, 1.54) is 32.1 Å². The van der Waals surface area contributed by atoms with Gasteiger partial charge in [0.1, 0.15) is 11.6 Å². The number of hydrogen-bond acceptors (Lipinski definition) is 6. The third-order valence-electron chi connectivity index (χ3n) is 3.88. The number of nitrogens with one attached hydrogen (secondary N) is 2. The summed E-state index contributed by atoms with van der Waals surface area (Å²) in [7, 11) is 0. The average molecular weight is 264 g/mol. The predicted molar refractivity (Wildman–Crippen MR) is 78.5 cm³/mol. The van der Waals surface area contributed by atoms with Gasteiger partial charge >= 0.3 is 0 Å². The van der Waals surface area contributed by atoms with Gasteiger partial charge in [0, 0.05) is 12.1 Å². The van der Waals surface area contributed by atoms with Crippen LogP contribution in [0.25, 0.3) is 0 Å². The maximum atomic E-state index is 5.67. The van der Waals surface area contributed by atoms with E-state index in [1.54, 1.807) is 6.07 Å². The average Bonchev–Trinajstić information content (AvgIpc) is 2.45. The first-order valence-corrected chi connectivity index (χ1v) is 7.10. The highest BCUT2D eigenvalue weighted by Crippen LogP contribution is 2.29. The number of nitrogens with zero attached hydrogens (tertiary/aromatic N) is 2. The summed E-state index contributed by atoms with van der Waals surface area (Å²) >= 11 is 0. The van der Waals surface area contributed by atoms with Crippen LogP contribution in [0.5, 0.6) is 0 Å². The summed E-state index contributed by atoms with van der Waals surface area (Å²) in [5.74, 6) is 7.61. The number of aromatic nitrogens is 2. The van der Waals surface area contributed by atoms with Crippen LogP contribution in [0.2, 0.25) is 0 Å². The summed E-state index contributed by atoms with van der Waals surface area (Å²) < 4.78 is 0. The van der Waals surface area contributed by atoms with Gasteiger partial charge in [-0.2, -0.15) is 9.97 Å². The van der Waals surface area contributed by atoms with Crippen LogP contribution in [-0.4, -0.2) is 16.0 Å². The SMILES string of the molecule is CCC(Nc1cc(NN)nc(N)n1)C1CCCCC1. The molecule has 1 aliphatic rings. The third kappa shape index (κ3) is 3.70. The number of anilines is 3. The Balaban J connectivity index is 2.06. The lowest BCUT2D eigenvalue weighted by atomic mass is 9.83. The van der Waals surface area contributed by atoms with E-state index < -0.39 is 0 Å². The number of hydrogen-bond donors (Lipinski definition) is 4. The van der Waals surface area contributed by atoms with Crippen molar-refractivity contribution in [2.75, 3.05) is 16.5 Å². The summed E-state index contributed by atoms with van der Waals surface area (Å²) in [5, 5.41) is 3.49. The Morgan fingerprint density at radius 3 is 2.58 bits per heavy atom. The van der Waals surface area contributed by atoms with Crippen LogP contribution in [0.15, 0.2) is 6.07 Å². The molecule has 0 saturated heterocycles. The Hall–Kier alpha value is -1.56. The smallest absolute Gasteiger partial charge is 0.223 e. The molecule has 19 heavy (non-hydrogen) atoms. The highest BCUT2D eigenvalue weighted by atomic mass is 15.3. The Morgan fingerprint density at radius 1 is 1.26 bits per heavy atom. The lowest BCUT2D eigenvalue weighted by molar-refractivity contribution is 0.312. The second-order valence-electron chi connectivity index (χ2n) is 5.20. The van der Waals surface area contributed by atoms with Crippen molar-refractivity contribution in [3.63, 3.8) is 0 Å². The van der Waals surface area contributed by atoms with E-state index in [0.29, 0.717) is 11.9 Å².